The molecule has 0 N–H and O–H groups in total. The maximum atomic E-state index is 6.10. The molecule has 29 heavy (non-hydrogen) atoms. The van der Waals surface area contributed by atoms with Gasteiger partial charge in [-0.05, 0) is 35.9 Å². The van der Waals surface area contributed by atoms with Crippen molar-refractivity contribution in [1.82, 2.24) is 15.0 Å². The molecule has 0 bridgehead atoms. The number of pyridine rings is 3. The highest BCUT2D eigenvalue weighted by Gasteiger charge is 2.25. The van der Waals surface area contributed by atoms with Gasteiger partial charge in [0.05, 0.1) is 23.6 Å². The first-order chi connectivity index (χ1) is 14.4. The number of anilines is 1. The largest absolute Gasteiger partial charge is 0.487 e. The topological polar surface area (TPSA) is 51.1 Å². The standard InChI is InChI=1S/C24H20N4O/c1-2-8-18(9-3-1)17-28-14-15-29-23-19(20-10-4-6-12-25-20)16-22(27-24(23)28)21-11-5-7-13-26-21/h1-13,16H,14-15,17H2. The van der Waals surface area contributed by atoms with Gasteiger partial charge in [0.15, 0.2) is 11.6 Å². The molecular formula is C24H20N4O. The summed E-state index contributed by atoms with van der Waals surface area (Å²) in [6, 6.07) is 24.2. The maximum Gasteiger partial charge on any atom is 0.173 e. The molecule has 0 aliphatic carbocycles. The molecule has 0 unspecified atom stereocenters. The van der Waals surface area contributed by atoms with Crippen LogP contribution in [-0.2, 0) is 6.54 Å². The molecule has 0 saturated heterocycles. The minimum absolute atomic E-state index is 0.615. The molecule has 0 amide bonds. The molecule has 1 aliphatic rings. The van der Waals surface area contributed by atoms with Crippen LogP contribution in [0, 0.1) is 0 Å². The number of hydrogen-bond donors (Lipinski definition) is 0. The molecule has 0 fully saturated rings. The van der Waals surface area contributed by atoms with Crippen molar-refractivity contribution in [3.8, 4) is 28.4 Å². The Hall–Kier alpha value is -3.73. The van der Waals surface area contributed by atoms with Crippen LogP contribution in [0.5, 0.6) is 5.75 Å². The summed E-state index contributed by atoms with van der Waals surface area (Å²) in [5.41, 5.74) is 4.69. The Balaban J connectivity index is 1.66. The van der Waals surface area contributed by atoms with E-state index in [2.05, 4.69) is 39.1 Å². The summed E-state index contributed by atoms with van der Waals surface area (Å²) in [7, 11) is 0. The number of aromatic nitrogens is 3. The maximum absolute atomic E-state index is 6.10. The molecule has 0 radical (unpaired) electrons. The van der Waals surface area contributed by atoms with Gasteiger partial charge < -0.3 is 9.64 Å². The van der Waals surface area contributed by atoms with E-state index in [0.717, 1.165) is 47.3 Å². The molecule has 0 saturated carbocycles. The summed E-state index contributed by atoms with van der Waals surface area (Å²) in [5.74, 6) is 1.62. The lowest BCUT2D eigenvalue weighted by Gasteiger charge is -2.31. The van der Waals surface area contributed by atoms with E-state index in [0.29, 0.717) is 6.61 Å². The summed E-state index contributed by atoms with van der Waals surface area (Å²) < 4.78 is 6.10. The Kier molecular flexibility index (Phi) is 4.62. The molecule has 5 rings (SSSR count). The van der Waals surface area contributed by atoms with Gasteiger partial charge in [0, 0.05) is 24.5 Å². The minimum atomic E-state index is 0.615. The van der Waals surface area contributed by atoms with Gasteiger partial charge in [0.2, 0.25) is 0 Å². The second-order valence-corrected chi connectivity index (χ2v) is 6.89. The molecule has 1 aliphatic heterocycles. The zero-order valence-electron chi connectivity index (χ0n) is 15.9. The van der Waals surface area contributed by atoms with Gasteiger partial charge in [-0.2, -0.15) is 0 Å². The monoisotopic (exact) mass is 380 g/mol. The zero-order chi connectivity index (χ0) is 19.5. The Morgan fingerprint density at radius 2 is 1.52 bits per heavy atom. The third-order valence-electron chi connectivity index (χ3n) is 4.95. The lowest BCUT2D eigenvalue weighted by Crippen LogP contribution is -2.33. The lowest BCUT2D eigenvalue weighted by atomic mass is 10.1. The molecular weight excluding hydrogens is 360 g/mol. The van der Waals surface area contributed by atoms with Crippen molar-refractivity contribution in [2.75, 3.05) is 18.1 Å². The number of ether oxygens (including phenoxy) is 1. The van der Waals surface area contributed by atoms with Crippen LogP contribution in [0.3, 0.4) is 0 Å². The van der Waals surface area contributed by atoms with Gasteiger partial charge in [-0.1, -0.05) is 42.5 Å². The van der Waals surface area contributed by atoms with E-state index in [4.69, 9.17) is 9.72 Å². The van der Waals surface area contributed by atoms with E-state index in [9.17, 15) is 0 Å². The van der Waals surface area contributed by atoms with Crippen molar-refractivity contribution < 1.29 is 4.74 Å². The van der Waals surface area contributed by atoms with Gasteiger partial charge in [-0.15, -0.1) is 0 Å². The predicted molar refractivity (Wildman–Crippen MR) is 114 cm³/mol. The first-order valence-electron chi connectivity index (χ1n) is 9.68. The Bertz CT molecular complexity index is 1100. The third-order valence-corrected chi connectivity index (χ3v) is 4.95. The summed E-state index contributed by atoms with van der Waals surface area (Å²) in [6.45, 7) is 2.17. The highest BCUT2D eigenvalue weighted by Crippen LogP contribution is 2.41. The summed E-state index contributed by atoms with van der Waals surface area (Å²) in [5, 5.41) is 0. The first-order valence-corrected chi connectivity index (χ1v) is 9.68. The van der Waals surface area contributed by atoms with Crippen LogP contribution >= 0.6 is 0 Å². The number of rotatable bonds is 4. The second kappa shape index (κ2) is 7.72. The fourth-order valence-corrected chi connectivity index (χ4v) is 3.56. The van der Waals surface area contributed by atoms with Crippen molar-refractivity contribution in [2.45, 2.75) is 6.54 Å². The molecule has 3 aromatic heterocycles. The average Bonchev–Trinajstić information content (AvgIpc) is 2.80. The van der Waals surface area contributed by atoms with Crippen molar-refractivity contribution in [3.05, 3.63) is 90.8 Å². The van der Waals surface area contributed by atoms with E-state index in [1.807, 2.05) is 48.5 Å². The van der Waals surface area contributed by atoms with Gasteiger partial charge in [-0.3, -0.25) is 9.97 Å². The second-order valence-electron chi connectivity index (χ2n) is 6.89. The SMILES string of the molecule is c1ccc(CN2CCOc3c(-c4ccccn4)cc(-c4ccccn4)nc32)cc1. The number of fused-ring (bicyclic) bond motifs is 1. The van der Waals surface area contributed by atoms with E-state index in [-0.39, 0.29) is 0 Å². The van der Waals surface area contributed by atoms with Crippen molar-refractivity contribution >= 4 is 5.82 Å². The molecule has 0 spiro atoms. The molecule has 1 aromatic carbocycles. The van der Waals surface area contributed by atoms with Crippen LogP contribution in [0.15, 0.2) is 85.2 Å². The van der Waals surface area contributed by atoms with Crippen LogP contribution < -0.4 is 9.64 Å². The van der Waals surface area contributed by atoms with E-state index >= 15 is 0 Å². The van der Waals surface area contributed by atoms with Gasteiger partial charge in [-0.25, -0.2) is 4.98 Å². The van der Waals surface area contributed by atoms with Crippen LogP contribution in [0.4, 0.5) is 5.82 Å². The fraction of sp³-hybridized carbons (Fsp3) is 0.125. The number of hydrogen-bond acceptors (Lipinski definition) is 5. The van der Waals surface area contributed by atoms with Crippen LogP contribution in [0.25, 0.3) is 22.6 Å². The Labute approximate surface area is 169 Å². The van der Waals surface area contributed by atoms with Gasteiger partial charge >= 0.3 is 0 Å². The molecule has 5 nitrogen and oxygen atoms in total. The summed E-state index contributed by atoms with van der Waals surface area (Å²) >= 11 is 0. The number of nitrogens with zero attached hydrogens (tertiary/aromatic N) is 4. The normalized spacial score (nSPS) is 12.9. The molecule has 5 heteroatoms. The molecule has 142 valence electrons. The fourth-order valence-electron chi connectivity index (χ4n) is 3.56. The molecule has 0 atom stereocenters. The van der Waals surface area contributed by atoms with E-state index < -0.39 is 0 Å². The van der Waals surface area contributed by atoms with Crippen LogP contribution in [0.1, 0.15) is 5.56 Å². The smallest absolute Gasteiger partial charge is 0.173 e. The van der Waals surface area contributed by atoms with E-state index in [1.165, 1.54) is 5.56 Å². The lowest BCUT2D eigenvalue weighted by molar-refractivity contribution is 0.305. The van der Waals surface area contributed by atoms with Gasteiger partial charge in [0.25, 0.3) is 0 Å². The zero-order valence-corrected chi connectivity index (χ0v) is 15.9. The minimum Gasteiger partial charge on any atom is -0.487 e. The third kappa shape index (κ3) is 3.55. The average molecular weight is 380 g/mol. The van der Waals surface area contributed by atoms with Crippen LogP contribution in [0.2, 0.25) is 0 Å². The van der Waals surface area contributed by atoms with Gasteiger partial charge in [0.1, 0.15) is 6.61 Å². The Morgan fingerprint density at radius 1 is 0.793 bits per heavy atom. The summed E-state index contributed by atoms with van der Waals surface area (Å²) in [4.78, 5) is 16.3. The van der Waals surface area contributed by atoms with Crippen molar-refractivity contribution in [2.24, 2.45) is 0 Å². The number of benzene rings is 1. The van der Waals surface area contributed by atoms with Crippen LogP contribution in [-0.4, -0.2) is 28.1 Å². The van der Waals surface area contributed by atoms with Crippen molar-refractivity contribution in [3.63, 3.8) is 0 Å². The summed E-state index contributed by atoms with van der Waals surface area (Å²) in [6.07, 6.45) is 3.59. The molecule has 4 aromatic rings. The highest BCUT2D eigenvalue weighted by molar-refractivity contribution is 5.79. The van der Waals surface area contributed by atoms with E-state index in [1.54, 1.807) is 12.4 Å². The molecule has 4 heterocycles. The quantitative estimate of drug-likeness (QED) is 0.518. The Morgan fingerprint density at radius 3 is 2.24 bits per heavy atom. The predicted octanol–water partition coefficient (Wildman–Crippen LogP) is 4.60. The first kappa shape index (κ1) is 17.4. The van der Waals surface area contributed by atoms with Crippen molar-refractivity contribution in [1.29, 1.82) is 0 Å². The highest BCUT2D eigenvalue weighted by atomic mass is 16.5.